The number of rotatable bonds is 5. The molecule has 4 atom stereocenters. The van der Waals surface area contributed by atoms with Gasteiger partial charge in [-0.1, -0.05) is 6.92 Å². The number of likely N-dealkylation sites (tertiary alicyclic amines) is 2. The first kappa shape index (κ1) is 11.4. The molecule has 2 fully saturated rings. The van der Waals surface area contributed by atoms with Crippen molar-refractivity contribution in [3.8, 4) is 0 Å². The second kappa shape index (κ2) is 8.09. The molecule has 2 heterocycles. The SMILES string of the molecule is [3H]C1([3H])CC(N(C)CN(CC)C2CC([3H])([3H])N(C)C([3H])(C)C2)CC([3H])(C)N1C. The normalized spacial score (nSPS) is 50.7. The summed E-state index contributed by atoms with van der Waals surface area (Å²) >= 11 is 0. The maximum Gasteiger partial charge on any atom is 0.0508 e. The van der Waals surface area contributed by atoms with Crippen molar-refractivity contribution in [2.45, 2.75) is 70.6 Å². The summed E-state index contributed by atoms with van der Waals surface area (Å²) in [7, 11) is 5.33. The van der Waals surface area contributed by atoms with Gasteiger partial charge in [-0.15, -0.1) is 0 Å². The van der Waals surface area contributed by atoms with E-state index in [1.807, 2.05) is 14.0 Å². The van der Waals surface area contributed by atoms with Crippen molar-refractivity contribution in [1.82, 2.24) is 19.6 Å². The molecule has 22 heavy (non-hydrogen) atoms. The van der Waals surface area contributed by atoms with Crippen LogP contribution in [0.4, 0.5) is 0 Å². The molecular formula is C18H38N4. The number of nitrogens with zero attached hydrogens (tertiary/aromatic N) is 4. The van der Waals surface area contributed by atoms with Gasteiger partial charge in [-0.25, -0.2) is 0 Å². The predicted octanol–water partition coefficient (Wildman–Crippen LogP) is 2.16. The quantitative estimate of drug-likeness (QED) is 0.719. The summed E-state index contributed by atoms with van der Waals surface area (Å²) in [6, 6.07) is -2.05. The molecule has 0 N–H and O–H groups in total. The standard InChI is InChI=1S/C18H38N4/c1-7-22(18-9-11-20(5)16(3)13-18)14-21(6)17-8-10-19(4)15(2)12-17/h15-18H,7-14H2,1-6H3/i10T2,11T2,15T,16T. The number of hydrogen-bond donors (Lipinski definition) is 0. The van der Waals surface area contributed by atoms with E-state index in [9.17, 15) is 0 Å². The maximum absolute atomic E-state index is 8.56. The van der Waals surface area contributed by atoms with Gasteiger partial charge in [0.1, 0.15) is 0 Å². The highest BCUT2D eigenvalue weighted by Gasteiger charge is 2.30. The second-order valence-electron chi connectivity index (χ2n) is 6.83. The zero-order valence-corrected chi connectivity index (χ0v) is 15.2. The summed E-state index contributed by atoms with van der Waals surface area (Å²) in [6.45, 7) is 3.84. The van der Waals surface area contributed by atoms with Crippen molar-refractivity contribution in [3.05, 3.63) is 0 Å². The Morgan fingerprint density at radius 3 is 2.05 bits per heavy atom. The fourth-order valence-corrected chi connectivity index (χ4v) is 3.30. The number of hydrogen-bond acceptors (Lipinski definition) is 4. The minimum absolute atomic E-state index is 0.0495. The zero-order valence-electron chi connectivity index (χ0n) is 21.2. The van der Waals surface area contributed by atoms with Gasteiger partial charge in [-0.05, 0) is 80.2 Å². The van der Waals surface area contributed by atoms with E-state index in [2.05, 4.69) is 9.80 Å². The van der Waals surface area contributed by atoms with Crippen LogP contribution in [0, 0.1) is 0 Å². The van der Waals surface area contributed by atoms with E-state index in [0.717, 1.165) is 6.54 Å². The third-order valence-corrected chi connectivity index (χ3v) is 5.29. The van der Waals surface area contributed by atoms with Gasteiger partial charge < -0.3 is 9.80 Å². The lowest BCUT2D eigenvalue weighted by molar-refractivity contribution is 0.0217. The van der Waals surface area contributed by atoms with Crippen LogP contribution in [0.25, 0.3) is 0 Å². The van der Waals surface area contributed by atoms with Crippen LogP contribution >= 0.6 is 0 Å². The Morgan fingerprint density at radius 2 is 1.55 bits per heavy atom. The second-order valence-corrected chi connectivity index (χ2v) is 6.83. The Kier molecular flexibility index (Phi) is 4.19. The average Bonchev–Trinajstić information content (AvgIpc) is 2.53. The lowest BCUT2D eigenvalue weighted by Crippen LogP contribution is -2.53. The molecule has 2 rings (SSSR count). The van der Waals surface area contributed by atoms with E-state index in [4.69, 9.17) is 8.22 Å². The third kappa shape index (κ3) is 4.44. The average molecular weight is 323 g/mol. The maximum atomic E-state index is 8.56. The fraction of sp³-hybridized carbons (Fsp3) is 1.00. The molecule has 0 spiro atoms. The van der Waals surface area contributed by atoms with E-state index < -0.39 is 25.0 Å². The highest BCUT2D eigenvalue weighted by molar-refractivity contribution is 4.85. The van der Waals surface area contributed by atoms with Crippen molar-refractivity contribution < 1.29 is 8.22 Å². The molecule has 0 aromatic carbocycles. The molecule has 2 aliphatic heterocycles. The van der Waals surface area contributed by atoms with E-state index in [0.29, 0.717) is 32.4 Å². The summed E-state index contributed by atoms with van der Waals surface area (Å²) in [4.78, 5) is 7.34. The van der Waals surface area contributed by atoms with Gasteiger partial charge in [0, 0.05) is 32.3 Å². The molecule has 0 saturated carbocycles. The number of piperidine rings is 2. The first-order valence-electron chi connectivity index (χ1n) is 11.5. The molecule has 4 nitrogen and oxygen atoms in total. The predicted molar refractivity (Wildman–Crippen MR) is 95.2 cm³/mol. The van der Waals surface area contributed by atoms with Gasteiger partial charge >= 0.3 is 0 Å². The Hall–Kier alpha value is -0.160. The van der Waals surface area contributed by atoms with Crippen LogP contribution in [0.5, 0.6) is 0 Å². The largest absolute Gasteiger partial charge is 0.304 e. The molecule has 0 aromatic heterocycles. The van der Waals surface area contributed by atoms with Crippen LogP contribution in [0.15, 0.2) is 0 Å². The Labute approximate surface area is 146 Å². The van der Waals surface area contributed by atoms with E-state index in [1.165, 1.54) is 9.80 Å². The minimum atomic E-state index is -1.53. The monoisotopic (exact) mass is 322 g/mol. The zero-order chi connectivity index (χ0) is 21.7. The van der Waals surface area contributed by atoms with Gasteiger partial charge in [0.25, 0.3) is 0 Å². The first-order valence-corrected chi connectivity index (χ1v) is 8.46. The molecule has 0 amide bonds. The molecule has 0 bridgehead atoms. The lowest BCUT2D eigenvalue weighted by atomic mass is 9.96. The summed E-state index contributed by atoms with van der Waals surface area (Å²) < 4.78 is 50.4. The van der Waals surface area contributed by atoms with Crippen LogP contribution in [0.2, 0.25) is 0 Å². The third-order valence-electron chi connectivity index (χ3n) is 5.29. The molecule has 0 aromatic rings. The lowest BCUT2D eigenvalue weighted by Gasteiger charge is -2.44. The molecule has 0 radical (unpaired) electrons. The molecule has 4 heteroatoms. The first-order chi connectivity index (χ1) is 12.5. The summed E-state index contributed by atoms with van der Waals surface area (Å²) in [5, 5.41) is 0. The Morgan fingerprint density at radius 1 is 1.05 bits per heavy atom. The fourth-order valence-electron chi connectivity index (χ4n) is 3.30. The van der Waals surface area contributed by atoms with Crippen LogP contribution in [0.3, 0.4) is 0 Å². The highest BCUT2D eigenvalue weighted by atomic mass is 15.3. The molecule has 2 aliphatic rings. The molecule has 2 saturated heterocycles. The highest BCUT2D eigenvalue weighted by Crippen LogP contribution is 2.23. The molecule has 130 valence electrons. The van der Waals surface area contributed by atoms with Gasteiger partial charge in [-0.2, -0.15) is 0 Å². The van der Waals surface area contributed by atoms with Crippen molar-refractivity contribution in [2.75, 3.05) is 47.4 Å². The van der Waals surface area contributed by atoms with E-state index in [1.54, 1.807) is 27.9 Å². The van der Waals surface area contributed by atoms with Crippen molar-refractivity contribution in [2.24, 2.45) is 0 Å². The molecular weight excluding hydrogens is 272 g/mol. The van der Waals surface area contributed by atoms with E-state index >= 15 is 0 Å². The van der Waals surface area contributed by atoms with Gasteiger partial charge in [-0.3, -0.25) is 9.80 Å². The van der Waals surface area contributed by atoms with Crippen LogP contribution in [-0.2, 0) is 0 Å². The van der Waals surface area contributed by atoms with Crippen LogP contribution in [0.1, 0.15) is 54.7 Å². The van der Waals surface area contributed by atoms with Gasteiger partial charge in [0.05, 0.1) is 6.67 Å². The van der Waals surface area contributed by atoms with Crippen LogP contribution in [-0.4, -0.2) is 91.1 Å². The van der Waals surface area contributed by atoms with Gasteiger partial charge in [0.15, 0.2) is 0 Å². The summed E-state index contributed by atoms with van der Waals surface area (Å²) in [6.07, 6.45) is 1.82. The molecule has 0 aliphatic carbocycles. The Balaban J connectivity index is 2.12. The van der Waals surface area contributed by atoms with E-state index in [-0.39, 0.29) is 12.1 Å². The van der Waals surface area contributed by atoms with Crippen LogP contribution < -0.4 is 0 Å². The summed E-state index contributed by atoms with van der Waals surface area (Å²) in [5.41, 5.74) is 0. The summed E-state index contributed by atoms with van der Waals surface area (Å²) in [5.74, 6) is 0. The van der Waals surface area contributed by atoms with Crippen molar-refractivity contribution in [3.63, 3.8) is 0 Å². The van der Waals surface area contributed by atoms with Crippen molar-refractivity contribution in [1.29, 1.82) is 0 Å². The topological polar surface area (TPSA) is 13.0 Å². The Bertz CT molecular complexity index is 520. The molecule has 4 unspecified atom stereocenters. The smallest absolute Gasteiger partial charge is 0.0508 e. The van der Waals surface area contributed by atoms with Crippen molar-refractivity contribution >= 4 is 0 Å². The van der Waals surface area contributed by atoms with Gasteiger partial charge in [0.2, 0.25) is 0 Å². The minimum Gasteiger partial charge on any atom is -0.304 e.